The minimum absolute atomic E-state index is 0.151. The van der Waals surface area contributed by atoms with Gasteiger partial charge in [0.05, 0.1) is 0 Å². The van der Waals surface area contributed by atoms with E-state index in [9.17, 15) is 0 Å². The topological polar surface area (TPSA) is 0 Å². The van der Waals surface area contributed by atoms with Crippen molar-refractivity contribution >= 4 is 5.57 Å². The Labute approximate surface area is 87.7 Å². The summed E-state index contributed by atoms with van der Waals surface area (Å²) < 4.78 is 0. The number of rotatable bonds is 1. The van der Waals surface area contributed by atoms with Gasteiger partial charge in [0, 0.05) is 0 Å². The van der Waals surface area contributed by atoms with Crippen molar-refractivity contribution in [3.63, 3.8) is 0 Å². The smallest absolute Gasteiger partial charge is 0.0132 e. The number of hydrogen-bond acceptors (Lipinski definition) is 0. The summed E-state index contributed by atoms with van der Waals surface area (Å²) in [5.74, 6) is 0. The maximum atomic E-state index is 4.20. The fourth-order valence-corrected chi connectivity index (χ4v) is 1.46. The molecular weight excluding hydrogens is 168 g/mol. The molecule has 1 rings (SSSR count). The number of allylic oxidation sites excluding steroid dienone is 1. The van der Waals surface area contributed by atoms with Gasteiger partial charge in [-0.05, 0) is 36.0 Å². The highest BCUT2D eigenvalue weighted by atomic mass is 14.2. The minimum Gasteiger partial charge on any atom is -0.0947 e. The van der Waals surface area contributed by atoms with Crippen molar-refractivity contribution in [2.45, 2.75) is 34.6 Å². The number of hydrogen-bond donors (Lipinski definition) is 0. The van der Waals surface area contributed by atoms with Gasteiger partial charge in [-0.2, -0.15) is 0 Å². The van der Waals surface area contributed by atoms with Crippen molar-refractivity contribution < 1.29 is 0 Å². The van der Waals surface area contributed by atoms with E-state index in [1.54, 1.807) is 0 Å². The predicted octanol–water partition coefficient (Wildman–Crippen LogP) is 4.36. The second kappa shape index (κ2) is 3.61. The molecule has 0 unspecified atom stereocenters. The fourth-order valence-electron chi connectivity index (χ4n) is 1.46. The molecule has 0 aromatic heterocycles. The molecule has 14 heavy (non-hydrogen) atoms. The monoisotopic (exact) mass is 188 g/mol. The molecule has 1 aromatic rings. The third kappa shape index (κ3) is 2.25. The highest BCUT2D eigenvalue weighted by molar-refractivity contribution is 5.70. The fraction of sp³-hybridized carbons (Fsp3) is 0.429. The van der Waals surface area contributed by atoms with E-state index in [1.807, 2.05) is 0 Å². The van der Waals surface area contributed by atoms with Gasteiger partial charge < -0.3 is 0 Å². The van der Waals surface area contributed by atoms with E-state index in [0.717, 1.165) is 0 Å². The van der Waals surface area contributed by atoms with Crippen LogP contribution in [0.25, 0.3) is 5.57 Å². The van der Waals surface area contributed by atoms with E-state index in [4.69, 9.17) is 0 Å². The summed E-state index contributed by atoms with van der Waals surface area (Å²) in [4.78, 5) is 0. The maximum absolute atomic E-state index is 4.20. The zero-order chi connectivity index (χ0) is 10.9. The molecule has 0 bridgehead atoms. The summed E-state index contributed by atoms with van der Waals surface area (Å²) >= 11 is 0. The van der Waals surface area contributed by atoms with Crippen LogP contribution < -0.4 is 0 Å². The Morgan fingerprint density at radius 2 is 1.71 bits per heavy atom. The van der Waals surface area contributed by atoms with Crippen LogP contribution in [0.15, 0.2) is 24.8 Å². The average molecular weight is 188 g/mol. The summed E-state index contributed by atoms with van der Waals surface area (Å²) in [6.45, 7) is 15.1. The van der Waals surface area contributed by atoms with Crippen molar-refractivity contribution in [2.75, 3.05) is 0 Å². The van der Waals surface area contributed by atoms with Crippen LogP contribution in [-0.2, 0) is 0 Å². The molecule has 0 saturated carbocycles. The molecule has 0 aliphatic heterocycles. The van der Waals surface area contributed by atoms with Crippen molar-refractivity contribution in [1.82, 2.24) is 0 Å². The molecule has 0 heterocycles. The first-order chi connectivity index (χ1) is 6.32. The molecule has 0 amide bonds. The lowest BCUT2D eigenvalue weighted by Gasteiger charge is -2.23. The molecule has 0 heteroatoms. The largest absolute Gasteiger partial charge is 0.0947 e. The first-order valence-electron chi connectivity index (χ1n) is 5.09. The van der Waals surface area contributed by atoms with Crippen molar-refractivity contribution in [3.8, 4) is 0 Å². The Hall–Kier alpha value is -1.04. The Kier molecular flexibility index (Phi) is 2.84. The Morgan fingerprint density at radius 1 is 1.14 bits per heavy atom. The van der Waals surface area contributed by atoms with E-state index in [1.165, 1.54) is 22.3 Å². The second-order valence-electron chi connectivity index (χ2n) is 5.05. The first kappa shape index (κ1) is 11.0. The first-order valence-corrected chi connectivity index (χ1v) is 5.09. The Bertz CT molecular complexity index is 351. The standard InChI is InChI=1S/C14H20/c1-10-7-8-11(2)13(9-10)12(3)14(4,5)6/h7-9H,3H2,1-2,4-6H3. The maximum Gasteiger partial charge on any atom is -0.0132 e. The van der Waals surface area contributed by atoms with Gasteiger partial charge in [-0.15, -0.1) is 0 Å². The van der Waals surface area contributed by atoms with Crippen LogP contribution >= 0.6 is 0 Å². The molecule has 0 fully saturated rings. The van der Waals surface area contributed by atoms with Crippen molar-refractivity contribution in [1.29, 1.82) is 0 Å². The van der Waals surface area contributed by atoms with Gasteiger partial charge in [-0.3, -0.25) is 0 Å². The van der Waals surface area contributed by atoms with Crippen LogP contribution in [0.1, 0.15) is 37.5 Å². The van der Waals surface area contributed by atoms with Crippen LogP contribution in [0, 0.1) is 19.3 Å². The molecule has 0 radical (unpaired) electrons. The van der Waals surface area contributed by atoms with E-state index < -0.39 is 0 Å². The molecular formula is C14H20. The molecule has 0 aliphatic rings. The van der Waals surface area contributed by atoms with Gasteiger partial charge >= 0.3 is 0 Å². The van der Waals surface area contributed by atoms with Crippen LogP contribution in [0.3, 0.4) is 0 Å². The van der Waals surface area contributed by atoms with E-state index in [0.29, 0.717) is 0 Å². The van der Waals surface area contributed by atoms with Gasteiger partial charge in [0.1, 0.15) is 0 Å². The number of aryl methyl sites for hydroxylation is 2. The molecule has 76 valence electrons. The van der Waals surface area contributed by atoms with Gasteiger partial charge in [0.2, 0.25) is 0 Å². The summed E-state index contributed by atoms with van der Waals surface area (Å²) in [6.07, 6.45) is 0. The summed E-state index contributed by atoms with van der Waals surface area (Å²) in [6, 6.07) is 6.54. The van der Waals surface area contributed by atoms with Crippen LogP contribution in [0.5, 0.6) is 0 Å². The minimum atomic E-state index is 0.151. The molecule has 0 aliphatic carbocycles. The molecule has 0 atom stereocenters. The van der Waals surface area contributed by atoms with Gasteiger partial charge in [-0.1, -0.05) is 51.1 Å². The van der Waals surface area contributed by atoms with Gasteiger partial charge in [-0.25, -0.2) is 0 Å². The SMILES string of the molecule is C=C(c1cc(C)ccc1C)C(C)(C)C. The summed E-state index contributed by atoms with van der Waals surface area (Å²) in [7, 11) is 0. The predicted molar refractivity (Wildman–Crippen MR) is 64.4 cm³/mol. The lowest BCUT2D eigenvalue weighted by atomic mass is 9.81. The zero-order valence-corrected chi connectivity index (χ0v) is 9.94. The molecule has 0 saturated heterocycles. The van der Waals surface area contributed by atoms with Crippen molar-refractivity contribution in [2.24, 2.45) is 5.41 Å². The van der Waals surface area contributed by atoms with Gasteiger partial charge in [0.25, 0.3) is 0 Å². The quantitative estimate of drug-likeness (QED) is 0.614. The van der Waals surface area contributed by atoms with E-state index in [-0.39, 0.29) is 5.41 Å². The van der Waals surface area contributed by atoms with E-state index >= 15 is 0 Å². The molecule has 0 spiro atoms. The Balaban J connectivity index is 3.19. The lowest BCUT2D eigenvalue weighted by molar-refractivity contribution is 0.567. The van der Waals surface area contributed by atoms with Crippen LogP contribution in [-0.4, -0.2) is 0 Å². The third-order valence-electron chi connectivity index (χ3n) is 2.62. The zero-order valence-electron chi connectivity index (χ0n) is 9.94. The van der Waals surface area contributed by atoms with E-state index in [2.05, 4.69) is 59.4 Å². The normalized spacial score (nSPS) is 11.5. The second-order valence-corrected chi connectivity index (χ2v) is 5.05. The lowest BCUT2D eigenvalue weighted by Crippen LogP contribution is -2.08. The molecule has 1 aromatic carbocycles. The highest BCUT2D eigenvalue weighted by Gasteiger charge is 2.17. The number of benzene rings is 1. The summed E-state index contributed by atoms with van der Waals surface area (Å²) in [5.41, 5.74) is 5.29. The Morgan fingerprint density at radius 3 is 2.21 bits per heavy atom. The molecule has 0 N–H and O–H groups in total. The molecule has 0 nitrogen and oxygen atoms in total. The van der Waals surface area contributed by atoms with Crippen LogP contribution in [0.4, 0.5) is 0 Å². The van der Waals surface area contributed by atoms with Crippen molar-refractivity contribution in [3.05, 3.63) is 41.5 Å². The average Bonchev–Trinajstić information content (AvgIpc) is 2.06. The van der Waals surface area contributed by atoms with Crippen LogP contribution in [0.2, 0.25) is 0 Å². The third-order valence-corrected chi connectivity index (χ3v) is 2.62. The van der Waals surface area contributed by atoms with Gasteiger partial charge in [0.15, 0.2) is 0 Å². The highest BCUT2D eigenvalue weighted by Crippen LogP contribution is 2.34. The summed E-state index contributed by atoms with van der Waals surface area (Å²) in [5, 5.41) is 0.